The lowest BCUT2D eigenvalue weighted by atomic mass is 9.78. The summed E-state index contributed by atoms with van der Waals surface area (Å²) < 4.78 is 7.41. The molecule has 3 rings (SSSR count). The fraction of sp³-hybridized carbons (Fsp3) is 0.750. The summed E-state index contributed by atoms with van der Waals surface area (Å²) in [5.74, 6) is 1.54. The first-order chi connectivity index (χ1) is 10.3. The summed E-state index contributed by atoms with van der Waals surface area (Å²) in [7, 11) is 0. The quantitative estimate of drug-likeness (QED) is 0.856. The molecule has 5 nitrogen and oxygen atoms in total. The second-order valence-corrected chi connectivity index (χ2v) is 6.16. The second-order valence-electron chi connectivity index (χ2n) is 6.16. The van der Waals surface area contributed by atoms with E-state index in [1.54, 1.807) is 10.9 Å². The Morgan fingerprint density at radius 2 is 2.14 bits per heavy atom. The number of likely N-dealkylation sites (tertiary alicyclic amines) is 1. The van der Waals surface area contributed by atoms with Crippen molar-refractivity contribution in [2.75, 3.05) is 13.2 Å². The Morgan fingerprint density at radius 3 is 2.95 bits per heavy atom. The van der Waals surface area contributed by atoms with Gasteiger partial charge < -0.3 is 9.64 Å². The first-order valence-electron chi connectivity index (χ1n) is 8.22. The molecular formula is C16H25N3O2. The molecule has 2 heterocycles. The van der Waals surface area contributed by atoms with Crippen molar-refractivity contribution in [3.05, 3.63) is 12.4 Å². The van der Waals surface area contributed by atoms with Gasteiger partial charge in [0.2, 0.25) is 0 Å². The van der Waals surface area contributed by atoms with Crippen molar-refractivity contribution in [2.24, 2.45) is 5.92 Å². The number of carbonyl (C=O) groups is 1. The number of fused-ring (bicyclic) bond motifs is 1. The van der Waals surface area contributed by atoms with E-state index in [1.807, 2.05) is 13.1 Å². The molecule has 5 heteroatoms. The highest BCUT2D eigenvalue weighted by Crippen LogP contribution is 2.35. The summed E-state index contributed by atoms with van der Waals surface area (Å²) in [6.07, 6.45) is 11.0. The molecule has 1 aliphatic heterocycles. The largest absolute Gasteiger partial charge is 0.480 e. The molecule has 1 saturated carbocycles. The highest BCUT2D eigenvalue weighted by molar-refractivity contribution is 5.78. The summed E-state index contributed by atoms with van der Waals surface area (Å²) in [6, 6.07) is 0.460. The zero-order chi connectivity index (χ0) is 14.7. The molecule has 1 aliphatic carbocycles. The van der Waals surface area contributed by atoms with Gasteiger partial charge in [-0.2, -0.15) is 5.10 Å². The molecule has 21 heavy (non-hydrogen) atoms. The predicted octanol–water partition coefficient (Wildman–Crippen LogP) is 2.46. The summed E-state index contributed by atoms with van der Waals surface area (Å²) in [4.78, 5) is 14.6. The van der Waals surface area contributed by atoms with Crippen molar-refractivity contribution in [2.45, 2.75) is 58.0 Å². The van der Waals surface area contributed by atoms with E-state index in [0.29, 0.717) is 11.8 Å². The van der Waals surface area contributed by atoms with Crippen LogP contribution in [0, 0.1) is 5.92 Å². The van der Waals surface area contributed by atoms with Gasteiger partial charge in [-0.05, 0) is 38.5 Å². The van der Waals surface area contributed by atoms with E-state index < -0.39 is 0 Å². The first-order valence-corrected chi connectivity index (χ1v) is 8.22. The van der Waals surface area contributed by atoms with Gasteiger partial charge in [0, 0.05) is 19.1 Å². The van der Waals surface area contributed by atoms with Crippen LogP contribution in [0.5, 0.6) is 5.75 Å². The lowest BCUT2D eigenvalue weighted by Crippen LogP contribution is -2.51. The van der Waals surface area contributed by atoms with E-state index in [2.05, 4.69) is 10.00 Å². The highest BCUT2D eigenvalue weighted by atomic mass is 16.5. The molecule has 0 unspecified atom stereocenters. The third-order valence-electron chi connectivity index (χ3n) is 4.86. The Hall–Kier alpha value is -1.52. The number of hydrogen-bond acceptors (Lipinski definition) is 3. The Balaban J connectivity index is 1.56. The number of piperidine rings is 1. The average molecular weight is 291 g/mol. The molecule has 1 saturated heterocycles. The smallest absolute Gasteiger partial charge is 0.260 e. The second kappa shape index (κ2) is 6.50. The van der Waals surface area contributed by atoms with Gasteiger partial charge >= 0.3 is 0 Å². The first kappa shape index (κ1) is 14.4. The number of rotatable bonds is 4. The standard InChI is InChI=1S/C16H25N3O2/c1-2-18-11-14(10-17-18)21-12-16(20)19-9-5-7-13-6-3-4-8-15(13)19/h10-11,13,15H,2-9,12H2,1H3/t13-,15-/m0/s1. The SMILES string of the molecule is CCn1cc(OCC(=O)N2CCC[C@@H]3CCCC[C@@H]32)cn1. The van der Waals surface area contributed by atoms with Crippen molar-refractivity contribution in [1.82, 2.24) is 14.7 Å². The van der Waals surface area contributed by atoms with E-state index in [-0.39, 0.29) is 12.5 Å². The Bertz CT molecular complexity index is 484. The summed E-state index contributed by atoms with van der Waals surface area (Å²) in [5, 5.41) is 4.16. The van der Waals surface area contributed by atoms with Gasteiger partial charge in [-0.3, -0.25) is 9.48 Å². The predicted molar refractivity (Wildman–Crippen MR) is 80.1 cm³/mol. The average Bonchev–Trinajstić information content (AvgIpc) is 3.00. The van der Waals surface area contributed by atoms with Crippen LogP contribution < -0.4 is 4.74 Å². The zero-order valence-electron chi connectivity index (χ0n) is 12.8. The molecule has 1 aromatic rings. The maximum atomic E-state index is 12.5. The van der Waals surface area contributed by atoms with Crippen molar-refractivity contribution in [1.29, 1.82) is 0 Å². The van der Waals surface area contributed by atoms with Crippen LogP contribution in [0.4, 0.5) is 0 Å². The van der Waals surface area contributed by atoms with Crippen LogP contribution in [-0.2, 0) is 11.3 Å². The minimum absolute atomic E-state index is 0.135. The van der Waals surface area contributed by atoms with Gasteiger partial charge in [-0.25, -0.2) is 0 Å². The summed E-state index contributed by atoms with van der Waals surface area (Å²) in [6.45, 7) is 3.88. The van der Waals surface area contributed by atoms with E-state index in [4.69, 9.17) is 4.74 Å². The van der Waals surface area contributed by atoms with Crippen LogP contribution in [0.1, 0.15) is 45.4 Å². The number of amides is 1. The molecule has 0 radical (unpaired) electrons. The fourth-order valence-corrected chi connectivity index (χ4v) is 3.75. The third kappa shape index (κ3) is 3.22. The monoisotopic (exact) mass is 291 g/mol. The van der Waals surface area contributed by atoms with Gasteiger partial charge in [0.05, 0.1) is 12.4 Å². The Labute approximate surface area is 126 Å². The van der Waals surface area contributed by atoms with E-state index in [9.17, 15) is 4.79 Å². The minimum Gasteiger partial charge on any atom is -0.480 e. The Morgan fingerprint density at radius 1 is 1.33 bits per heavy atom. The summed E-state index contributed by atoms with van der Waals surface area (Å²) in [5.41, 5.74) is 0. The molecule has 2 aliphatic rings. The van der Waals surface area contributed by atoms with Crippen LogP contribution >= 0.6 is 0 Å². The maximum Gasteiger partial charge on any atom is 0.260 e. The van der Waals surface area contributed by atoms with Gasteiger partial charge in [-0.15, -0.1) is 0 Å². The van der Waals surface area contributed by atoms with Crippen LogP contribution in [-0.4, -0.2) is 39.8 Å². The number of nitrogens with zero attached hydrogens (tertiary/aromatic N) is 3. The Kier molecular flexibility index (Phi) is 4.46. The van der Waals surface area contributed by atoms with E-state index >= 15 is 0 Å². The maximum absolute atomic E-state index is 12.5. The van der Waals surface area contributed by atoms with E-state index in [0.717, 1.165) is 25.4 Å². The molecule has 2 atom stereocenters. The minimum atomic E-state index is 0.135. The van der Waals surface area contributed by atoms with Crippen LogP contribution in [0.25, 0.3) is 0 Å². The molecule has 1 amide bonds. The number of aromatic nitrogens is 2. The molecule has 1 aromatic heterocycles. The molecule has 0 aromatic carbocycles. The van der Waals surface area contributed by atoms with Crippen LogP contribution in [0.15, 0.2) is 12.4 Å². The van der Waals surface area contributed by atoms with Crippen molar-refractivity contribution < 1.29 is 9.53 Å². The van der Waals surface area contributed by atoms with Crippen molar-refractivity contribution >= 4 is 5.91 Å². The lowest BCUT2D eigenvalue weighted by molar-refractivity contribution is -0.139. The number of ether oxygens (including phenoxy) is 1. The topological polar surface area (TPSA) is 47.4 Å². The number of hydrogen-bond donors (Lipinski definition) is 0. The van der Waals surface area contributed by atoms with Crippen LogP contribution in [0.3, 0.4) is 0 Å². The molecule has 0 N–H and O–H groups in total. The molecule has 116 valence electrons. The van der Waals surface area contributed by atoms with Crippen molar-refractivity contribution in [3.63, 3.8) is 0 Å². The van der Waals surface area contributed by atoms with Gasteiger partial charge in [0.25, 0.3) is 5.91 Å². The molecule has 0 spiro atoms. The van der Waals surface area contributed by atoms with Gasteiger partial charge in [0.1, 0.15) is 0 Å². The normalized spacial score (nSPS) is 25.5. The third-order valence-corrected chi connectivity index (χ3v) is 4.86. The van der Waals surface area contributed by atoms with Crippen molar-refractivity contribution in [3.8, 4) is 5.75 Å². The van der Waals surface area contributed by atoms with Gasteiger partial charge in [0.15, 0.2) is 12.4 Å². The number of carbonyl (C=O) groups excluding carboxylic acids is 1. The fourth-order valence-electron chi connectivity index (χ4n) is 3.75. The van der Waals surface area contributed by atoms with Gasteiger partial charge in [-0.1, -0.05) is 12.8 Å². The zero-order valence-corrected chi connectivity index (χ0v) is 12.8. The molecule has 0 bridgehead atoms. The van der Waals surface area contributed by atoms with Crippen LogP contribution in [0.2, 0.25) is 0 Å². The summed E-state index contributed by atoms with van der Waals surface area (Å²) >= 11 is 0. The molecular weight excluding hydrogens is 266 g/mol. The lowest BCUT2D eigenvalue weighted by Gasteiger charge is -2.44. The number of aryl methyl sites for hydroxylation is 1. The van der Waals surface area contributed by atoms with E-state index in [1.165, 1.54) is 32.1 Å². The highest BCUT2D eigenvalue weighted by Gasteiger charge is 2.35. The molecule has 2 fully saturated rings.